The third-order valence-electron chi connectivity index (χ3n) is 24.4. The zero-order chi connectivity index (χ0) is 65.8. The van der Waals surface area contributed by atoms with Gasteiger partial charge < -0.3 is 18.6 Å². The van der Waals surface area contributed by atoms with Crippen LogP contribution < -0.4 is 10.9 Å². The Hall–Kier alpha value is -3.75. The number of hydrogen-bond acceptors (Lipinski definition) is 4. The number of benzene rings is 6. The van der Waals surface area contributed by atoms with Crippen molar-refractivity contribution in [2.45, 2.75) is 309 Å². The van der Waals surface area contributed by atoms with Crippen molar-refractivity contribution in [1.82, 2.24) is 0 Å². The predicted molar refractivity (Wildman–Crippen MR) is 401 cm³/mol. The van der Waals surface area contributed by atoms with E-state index in [-0.39, 0.29) is 58.3 Å². The Morgan fingerprint density at radius 3 is 0.674 bits per heavy atom. The van der Waals surface area contributed by atoms with Gasteiger partial charge in [0.25, 0.3) is 0 Å². The second kappa shape index (κ2) is 27.3. The Morgan fingerprint density at radius 2 is 0.457 bits per heavy atom. The first-order valence-electron chi connectivity index (χ1n) is 37.0. The van der Waals surface area contributed by atoms with E-state index < -0.39 is 0 Å². The molecule has 0 N–H and O–H groups in total. The van der Waals surface area contributed by atoms with Crippen molar-refractivity contribution in [1.29, 1.82) is 0 Å². The zero-order valence-corrected chi connectivity index (χ0v) is 62.9. The molecule has 492 valence electrons. The molecule has 0 unspecified atom stereocenters. The molecule has 0 radical (unpaired) electrons. The maximum atomic E-state index is 6.65. The Bertz CT molecular complexity index is 3350. The van der Waals surface area contributed by atoms with Crippen LogP contribution in [0, 0.1) is 0 Å². The van der Waals surface area contributed by atoms with Crippen molar-refractivity contribution in [2.75, 3.05) is 0 Å². The van der Waals surface area contributed by atoms with Gasteiger partial charge in [-0.15, -0.1) is 0 Å². The first-order chi connectivity index (χ1) is 44.0. The first kappa shape index (κ1) is 69.6. The topological polar surface area (TPSA) is 36.9 Å². The molecule has 6 aromatic carbocycles. The molecule has 0 bridgehead atoms. The highest BCUT2D eigenvalue weighted by Gasteiger charge is 2.56. The van der Waals surface area contributed by atoms with Gasteiger partial charge in [0.15, 0.2) is 0 Å². The molecule has 6 aromatic rings. The summed E-state index contributed by atoms with van der Waals surface area (Å²) in [5.74, 6) is 0. The van der Waals surface area contributed by atoms with E-state index in [2.05, 4.69) is 240 Å². The third-order valence-corrected chi connectivity index (χ3v) is 25.3. The highest BCUT2D eigenvalue weighted by Crippen LogP contribution is 2.64. The minimum absolute atomic E-state index is 0.0494. The number of hydrogen-bond donors (Lipinski definition) is 0. The fourth-order valence-corrected chi connectivity index (χ4v) is 18.4. The maximum absolute atomic E-state index is 6.65. The summed E-state index contributed by atoms with van der Waals surface area (Å²) >= 11 is 7.70. The lowest BCUT2D eigenvalue weighted by atomic mass is 9.67. The van der Waals surface area contributed by atoms with Crippen LogP contribution in [0.4, 0.5) is 0 Å². The summed E-state index contributed by atoms with van der Waals surface area (Å²) in [5.41, 5.74) is 25.0. The van der Waals surface area contributed by atoms with E-state index in [0.29, 0.717) is 0 Å². The van der Waals surface area contributed by atoms with Gasteiger partial charge in [-0.1, -0.05) is 239 Å². The smallest absolute Gasteiger partial charge is 0.399 e. The number of rotatable bonds is 26. The van der Waals surface area contributed by atoms with Gasteiger partial charge in [-0.05, 0) is 255 Å². The van der Waals surface area contributed by atoms with Gasteiger partial charge in [-0.3, -0.25) is 0 Å². The van der Waals surface area contributed by atoms with Gasteiger partial charge in [-0.25, -0.2) is 0 Å². The number of halogens is 2. The third kappa shape index (κ3) is 11.8. The van der Waals surface area contributed by atoms with Crippen LogP contribution in [0.5, 0.6) is 0 Å². The standard InChI is InChI=1S/C48H68B2O4.C36H44Br2/c1-13-17-25-47(26-18-14-2)39-29-33(49-51-43(5,6)44(7,8)52-49)21-23-35(39)37-32-42-38(31-41(37)47)36-24-22-34(50-53-45(9,10)46(11,12)54-50)30-40(36)48(42,27-19-15-3)28-20-16-4;1-5-9-17-35(18-10-6-2)31-21-25(37)13-15-27(31)29-24-34-30(23-33(29)35)28-16-14-26(38)22-32(28)36(34,19-11-7-3)20-12-8-4/h21-24,29-32H,13-20,25-28H2,1-12H3;13-16,21-24H,5-12,17-20H2,1-4H3. The van der Waals surface area contributed by atoms with Crippen molar-refractivity contribution in [3.05, 3.63) is 151 Å². The van der Waals surface area contributed by atoms with Crippen molar-refractivity contribution in [3.8, 4) is 44.5 Å². The molecule has 0 saturated carbocycles. The molecule has 12 rings (SSSR count). The lowest BCUT2D eigenvalue weighted by Crippen LogP contribution is -2.41. The lowest BCUT2D eigenvalue weighted by molar-refractivity contribution is 0.00578. The summed E-state index contributed by atoms with van der Waals surface area (Å²) in [6.07, 6.45) is 29.1. The zero-order valence-electron chi connectivity index (χ0n) is 59.8. The van der Waals surface area contributed by atoms with E-state index in [1.807, 2.05) is 0 Å². The van der Waals surface area contributed by atoms with E-state index in [9.17, 15) is 0 Å². The summed E-state index contributed by atoms with van der Waals surface area (Å²) in [6.45, 7) is 36.0. The van der Waals surface area contributed by atoms with Gasteiger partial charge >= 0.3 is 14.2 Å². The second-order valence-corrected chi connectivity index (χ2v) is 33.0. The molecule has 0 spiro atoms. The fraction of sp³-hybridized carbons (Fsp3) is 0.571. The van der Waals surface area contributed by atoms with Crippen LogP contribution in [0.25, 0.3) is 44.5 Å². The molecule has 0 aromatic heterocycles. The van der Waals surface area contributed by atoms with E-state index in [0.717, 1.165) is 36.6 Å². The van der Waals surface area contributed by atoms with Crippen molar-refractivity contribution in [3.63, 3.8) is 0 Å². The summed E-state index contributed by atoms with van der Waals surface area (Å²) in [4.78, 5) is 0. The normalized spacial score (nSPS) is 19.2. The molecule has 4 nitrogen and oxygen atoms in total. The van der Waals surface area contributed by atoms with Crippen molar-refractivity contribution < 1.29 is 18.6 Å². The second-order valence-electron chi connectivity index (χ2n) is 31.2. The molecule has 8 heteroatoms. The van der Waals surface area contributed by atoms with E-state index in [1.165, 1.54) is 204 Å². The monoisotopic (exact) mass is 1360 g/mol. The number of unbranched alkanes of at least 4 members (excludes halogenated alkanes) is 8. The SMILES string of the molecule is CCCCC1(CCCC)c2cc(B3OC(C)(C)C(C)(C)O3)ccc2-c2cc3c(cc21)-c1ccc(B2OC(C)(C)C(C)(C)O2)cc1C3(CCCC)CCCC.CCCCC1(CCCC)c2cc(Br)ccc2-c2cc3c(cc21)-c1ccc(Br)cc1C3(CCCC)CCCC. The Labute approximate surface area is 575 Å². The summed E-state index contributed by atoms with van der Waals surface area (Å²) in [7, 11) is -0.741. The minimum Gasteiger partial charge on any atom is -0.399 e. The van der Waals surface area contributed by atoms with Crippen LogP contribution >= 0.6 is 31.9 Å². The maximum Gasteiger partial charge on any atom is 0.494 e. The summed E-state index contributed by atoms with van der Waals surface area (Å²) in [6, 6.07) is 39.3. The lowest BCUT2D eigenvalue weighted by Gasteiger charge is -2.35. The number of fused-ring (bicyclic) bond motifs is 12. The molecule has 92 heavy (non-hydrogen) atoms. The molecule has 6 aliphatic rings. The summed E-state index contributed by atoms with van der Waals surface area (Å²) in [5, 5.41) is 0. The average molecular weight is 1370 g/mol. The van der Waals surface area contributed by atoms with Gasteiger partial charge in [0.2, 0.25) is 0 Å². The van der Waals surface area contributed by atoms with Crippen molar-refractivity contribution in [2.24, 2.45) is 0 Å². The van der Waals surface area contributed by atoms with Crippen LogP contribution in [0.3, 0.4) is 0 Å². The first-order valence-corrected chi connectivity index (χ1v) is 38.5. The minimum atomic E-state index is -0.377. The largest absolute Gasteiger partial charge is 0.494 e. The van der Waals surface area contributed by atoms with E-state index in [1.54, 1.807) is 22.3 Å². The van der Waals surface area contributed by atoms with Gasteiger partial charge in [-0.2, -0.15) is 0 Å². The molecular weight excluding hydrogens is 1250 g/mol. The predicted octanol–water partition coefficient (Wildman–Crippen LogP) is 24.1. The van der Waals surface area contributed by atoms with Crippen LogP contribution in [-0.2, 0) is 40.3 Å². The Kier molecular flexibility index (Phi) is 20.6. The van der Waals surface area contributed by atoms with Crippen LogP contribution in [0.1, 0.15) is 309 Å². The van der Waals surface area contributed by atoms with Crippen LogP contribution in [-0.4, -0.2) is 36.6 Å². The Balaban J connectivity index is 0.000000200. The van der Waals surface area contributed by atoms with E-state index in [4.69, 9.17) is 18.6 Å². The molecule has 2 heterocycles. The molecule has 0 atom stereocenters. The highest BCUT2D eigenvalue weighted by molar-refractivity contribution is 9.10. The van der Waals surface area contributed by atoms with Crippen LogP contribution in [0.15, 0.2) is 106 Å². The quantitative estimate of drug-likeness (QED) is 0.0507. The summed E-state index contributed by atoms with van der Waals surface area (Å²) < 4.78 is 29.0. The van der Waals surface area contributed by atoms with Crippen molar-refractivity contribution >= 4 is 57.0 Å². The van der Waals surface area contributed by atoms with Gasteiger partial charge in [0, 0.05) is 30.6 Å². The van der Waals surface area contributed by atoms with Gasteiger partial charge in [0.1, 0.15) is 0 Å². The van der Waals surface area contributed by atoms with Gasteiger partial charge in [0.05, 0.1) is 22.4 Å². The molecular formula is C84H112B2Br2O4. The molecule has 2 saturated heterocycles. The highest BCUT2D eigenvalue weighted by atomic mass is 79.9. The van der Waals surface area contributed by atoms with E-state index >= 15 is 0 Å². The average Bonchev–Trinajstić information content (AvgIpc) is 1.54. The molecule has 2 aliphatic heterocycles. The molecule has 0 amide bonds. The van der Waals surface area contributed by atoms with Crippen LogP contribution in [0.2, 0.25) is 0 Å². The molecule has 2 fully saturated rings. The molecule has 4 aliphatic carbocycles. The Morgan fingerprint density at radius 1 is 0.261 bits per heavy atom. The fourth-order valence-electron chi connectivity index (χ4n) is 17.7.